The standard InChI is InChI=1S/C18H28N2O4.ClH/c1-13-8-16(22-3)17(23-4)9-14(13)12-20(2)18(21)11-19-10-15-6-5-7-24-15;/h8-9,15,19H,5-7,10-12H2,1-4H3;1H. The van der Waals surface area contributed by atoms with E-state index in [-0.39, 0.29) is 24.4 Å². The summed E-state index contributed by atoms with van der Waals surface area (Å²) >= 11 is 0. The highest BCUT2D eigenvalue weighted by atomic mass is 35.5. The lowest BCUT2D eigenvalue weighted by atomic mass is 10.1. The number of hydrogen-bond acceptors (Lipinski definition) is 5. The van der Waals surface area contributed by atoms with Gasteiger partial charge in [-0.2, -0.15) is 0 Å². The summed E-state index contributed by atoms with van der Waals surface area (Å²) in [6, 6.07) is 3.86. The maximum absolute atomic E-state index is 12.3. The minimum Gasteiger partial charge on any atom is -0.493 e. The van der Waals surface area contributed by atoms with Crippen LogP contribution in [0.1, 0.15) is 24.0 Å². The number of ether oxygens (including phenoxy) is 3. The minimum absolute atomic E-state index is 0. The number of hydrogen-bond donors (Lipinski definition) is 1. The number of amides is 1. The molecular weight excluding hydrogens is 344 g/mol. The highest BCUT2D eigenvalue weighted by Gasteiger charge is 2.17. The highest BCUT2D eigenvalue weighted by Crippen LogP contribution is 2.30. The van der Waals surface area contributed by atoms with Crippen LogP contribution in [0.15, 0.2) is 12.1 Å². The van der Waals surface area contributed by atoms with Gasteiger partial charge in [-0.25, -0.2) is 0 Å². The Morgan fingerprint density at radius 1 is 1.32 bits per heavy atom. The van der Waals surface area contributed by atoms with Crippen LogP contribution in [-0.2, 0) is 16.1 Å². The molecule has 0 bridgehead atoms. The molecule has 0 aromatic heterocycles. The number of nitrogens with one attached hydrogen (secondary N) is 1. The summed E-state index contributed by atoms with van der Waals surface area (Å²) in [4.78, 5) is 14.0. The summed E-state index contributed by atoms with van der Waals surface area (Å²) < 4.78 is 16.2. The lowest BCUT2D eigenvalue weighted by Gasteiger charge is -2.20. The summed E-state index contributed by atoms with van der Waals surface area (Å²) in [5, 5.41) is 3.19. The number of carbonyl (C=O) groups excluding carboxylic acids is 1. The monoisotopic (exact) mass is 372 g/mol. The lowest BCUT2D eigenvalue weighted by Crippen LogP contribution is -2.38. The molecule has 1 heterocycles. The van der Waals surface area contributed by atoms with Crippen LogP contribution < -0.4 is 14.8 Å². The predicted molar refractivity (Wildman–Crippen MR) is 99.8 cm³/mol. The maximum Gasteiger partial charge on any atom is 0.236 e. The summed E-state index contributed by atoms with van der Waals surface area (Å²) in [5.74, 6) is 1.43. The van der Waals surface area contributed by atoms with E-state index in [4.69, 9.17) is 14.2 Å². The zero-order valence-corrected chi connectivity index (χ0v) is 16.3. The Bertz CT molecular complexity index is 562. The van der Waals surface area contributed by atoms with Gasteiger partial charge in [0.15, 0.2) is 11.5 Å². The molecule has 0 spiro atoms. The molecule has 1 aliphatic rings. The van der Waals surface area contributed by atoms with Crippen LogP contribution in [0.3, 0.4) is 0 Å². The van der Waals surface area contributed by atoms with E-state index in [0.717, 1.165) is 37.1 Å². The van der Waals surface area contributed by atoms with Crippen molar-refractivity contribution in [2.24, 2.45) is 0 Å². The minimum atomic E-state index is 0. The number of halogens is 1. The van der Waals surface area contributed by atoms with Crippen molar-refractivity contribution in [2.45, 2.75) is 32.4 Å². The molecule has 1 saturated heterocycles. The number of nitrogens with zero attached hydrogens (tertiary/aromatic N) is 1. The number of carbonyl (C=O) groups is 1. The first kappa shape index (κ1) is 21.5. The van der Waals surface area contributed by atoms with Gasteiger partial charge in [-0.15, -0.1) is 12.4 Å². The van der Waals surface area contributed by atoms with Crippen molar-refractivity contribution < 1.29 is 19.0 Å². The van der Waals surface area contributed by atoms with E-state index in [9.17, 15) is 4.79 Å². The fraction of sp³-hybridized carbons (Fsp3) is 0.611. The Kier molecular flexibility index (Phi) is 9.03. The first-order valence-electron chi connectivity index (χ1n) is 8.33. The summed E-state index contributed by atoms with van der Waals surface area (Å²) in [5.41, 5.74) is 2.11. The van der Waals surface area contributed by atoms with Crippen molar-refractivity contribution in [1.29, 1.82) is 0 Å². The first-order valence-corrected chi connectivity index (χ1v) is 8.33. The molecule has 6 nitrogen and oxygen atoms in total. The molecule has 1 unspecified atom stereocenters. The van der Waals surface area contributed by atoms with Gasteiger partial charge in [-0.05, 0) is 43.0 Å². The quantitative estimate of drug-likeness (QED) is 0.757. The largest absolute Gasteiger partial charge is 0.493 e. The zero-order chi connectivity index (χ0) is 17.5. The number of rotatable bonds is 8. The van der Waals surface area contributed by atoms with E-state index in [1.165, 1.54) is 0 Å². The van der Waals surface area contributed by atoms with Crippen LogP contribution in [0.5, 0.6) is 11.5 Å². The molecule has 0 aliphatic carbocycles. The molecule has 2 rings (SSSR count). The van der Waals surface area contributed by atoms with E-state index >= 15 is 0 Å². The number of likely N-dealkylation sites (N-methyl/N-ethyl adjacent to an activating group) is 1. The van der Waals surface area contributed by atoms with Crippen molar-refractivity contribution in [3.63, 3.8) is 0 Å². The van der Waals surface area contributed by atoms with Crippen molar-refractivity contribution >= 4 is 18.3 Å². The predicted octanol–water partition coefficient (Wildman–Crippen LogP) is 2.16. The van der Waals surface area contributed by atoms with E-state index in [0.29, 0.717) is 24.6 Å². The van der Waals surface area contributed by atoms with Gasteiger partial charge < -0.3 is 24.4 Å². The van der Waals surface area contributed by atoms with Gasteiger partial charge in [0.25, 0.3) is 0 Å². The molecule has 1 N–H and O–H groups in total. The van der Waals surface area contributed by atoms with E-state index < -0.39 is 0 Å². The van der Waals surface area contributed by atoms with Crippen molar-refractivity contribution in [1.82, 2.24) is 10.2 Å². The molecule has 142 valence electrons. The zero-order valence-electron chi connectivity index (χ0n) is 15.5. The maximum atomic E-state index is 12.3. The third kappa shape index (κ3) is 6.06. The molecule has 0 saturated carbocycles. The average molecular weight is 373 g/mol. The van der Waals surface area contributed by atoms with Crippen LogP contribution >= 0.6 is 12.4 Å². The van der Waals surface area contributed by atoms with Gasteiger partial charge in [-0.1, -0.05) is 0 Å². The Morgan fingerprint density at radius 3 is 2.60 bits per heavy atom. The normalized spacial score (nSPS) is 16.2. The second-order valence-electron chi connectivity index (χ2n) is 6.15. The molecule has 25 heavy (non-hydrogen) atoms. The van der Waals surface area contributed by atoms with Crippen molar-refractivity contribution in [2.75, 3.05) is 41.0 Å². The summed E-state index contributed by atoms with van der Waals surface area (Å²) in [6.07, 6.45) is 2.43. The van der Waals surface area contributed by atoms with E-state index in [2.05, 4.69) is 5.32 Å². The molecule has 1 aromatic rings. The van der Waals surface area contributed by atoms with E-state index in [1.54, 1.807) is 19.1 Å². The third-order valence-corrected chi connectivity index (χ3v) is 4.35. The topological polar surface area (TPSA) is 60.0 Å². The van der Waals surface area contributed by atoms with Gasteiger partial charge in [-0.3, -0.25) is 4.79 Å². The first-order chi connectivity index (χ1) is 11.5. The van der Waals surface area contributed by atoms with Crippen LogP contribution in [0, 0.1) is 6.92 Å². The van der Waals surface area contributed by atoms with Crippen LogP contribution in [-0.4, -0.2) is 57.9 Å². The van der Waals surface area contributed by atoms with Crippen LogP contribution in [0.2, 0.25) is 0 Å². The third-order valence-electron chi connectivity index (χ3n) is 4.35. The number of aryl methyl sites for hydroxylation is 1. The van der Waals surface area contributed by atoms with Crippen LogP contribution in [0.4, 0.5) is 0 Å². The smallest absolute Gasteiger partial charge is 0.236 e. The average Bonchev–Trinajstić information content (AvgIpc) is 3.09. The van der Waals surface area contributed by atoms with Gasteiger partial charge in [0.2, 0.25) is 5.91 Å². The Hall–Kier alpha value is -1.50. The highest BCUT2D eigenvalue weighted by molar-refractivity contribution is 5.85. The molecule has 1 aliphatic heterocycles. The molecule has 1 atom stereocenters. The number of benzene rings is 1. The molecule has 0 radical (unpaired) electrons. The van der Waals surface area contributed by atoms with Crippen molar-refractivity contribution in [3.05, 3.63) is 23.3 Å². The molecular formula is C18H29ClN2O4. The lowest BCUT2D eigenvalue weighted by molar-refractivity contribution is -0.129. The molecule has 1 amide bonds. The van der Waals surface area contributed by atoms with Gasteiger partial charge >= 0.3 is 0 Å². The number of methoxy groups -OCH3 is 2. The molecule has 7 heteroatoms. The van der Waals surface area contributed by atoms with E-state index in [1.807, 2.05) is 26.1 Å². The Labute approximate surface area is 156 Å². The second-order valence-corrected chi connectivity index (χ2v) is 6.15. The molecule has 1 aromatic carbocycles. The second kappa shape index (κ2) is 10.5. The van der Waals surface area contributed by atoms with Crippen molar-refractivity contribution in [3.8, 4) is 11.5 Å². The van der Waals surface area contributed by atoms with Crippen LogP contribution in [0.25, 0.3) is 0 Å². The van der Waals surface area contributed by atoms with Gasteiger partial charge in [0.1, 0.15) is 0 Å². The fourth-order valence-electron chi connectivity index (χ4n) is 2.82. The van der Waals surface area contributed by atoms with Gasteiger partial charge in [0, 0.05) is 26.7 Å². The summed E-state index contributed by atoms with van der Waals surface area (Å²) in [7, 11) is 5.04. The molecule has 1 fully saturated rings. The fourth-order valence-corrected chi connectivity index (χ4v) is 2.82. The SMILES string of the molecule is COc1cc(C)c(CN(C)C(=O)CNCC2CCCO2)cc1OC.Cl. The Morgan fingerprint density at radius 2 is 2.00 bits per heavy atom. The van der Waals surface area contributed by atoms with Gasteiger partial charge in [0.05, 0.1) is 26.9 Å². The summed E-state index contributed by atoms with van der Waals surface area (Å²) in [6.45, 7) is 4.42. The Balaban J connectivity index is 0.00000312.